The van der Waals surface area contributed by atoms with Crippen molar-refractivity contribution in [3.05, 3.63) is 34.3 Å². The Hall–Kier alpha value is -1.40. The molecule has 22 heavy (non-hydrogen) atoms. The van der Waals surface area contributed by atoms with E-state index in [0.29, 0.717) is 32.5 Å². The molecule has 1 aliphatic heterocycles. The van der Waals surface area contributed by atoms with Gasteiger partial charge < -0.3 is 15.2 Å². The summed E-state index contributed by atoms with van der Waals surface area (Å²) in [6, 6.07) is 7.90. The zero-order valence-corrected chi connectivity index (χ0v) is 13.6. The van der Waals surface area contributed by atoms with E-state index in [-0.39, 0.29) is 5.91 Å². The number of carboxylic acids is 1. The fourth-order valence-electron chi connectivity index (χ4n) is 3.06. The molecule has 118 valence electrons. The maximum atomic E-state index is 12.4. The number of carbonyl (C=O) groups excluding carboxylic acids is 1. The van der Waals surface area contributed by atoms with Gasteiger partial charge in [-0.25, -0.2) is 0 Å². The third-order valence-corrected chi connectivity index (χ3v) is 5.08. The first-order chi connectivity index (χ1) is 10.5. The second kappa shape index (κ2) is 6.01. The first kappa shape index (κ1) is 15.5. The molecule has 1 saturated heterocycles. The highest BCUT2D eigenvalue weighted by Gasteiger charge is 2.50. The van der Waals surface area contributed by atoms with Gasteiger partial charge in [-0.1, -0.05) is 28.1 Å². The number of hydrogen-bond acceptors (Lipinski definition) is 3. The SMILES string of the molecule is O=C(O)[C@@H]1C[C@H]1C(=O)NC1(c2ccc(Br)cc2)CCOCC1. The van der Waals surface area contributed by atoms with Crippen LogP contribution in [0.4, 0.5) is 0 Å². The number of hydrogen-bond donors (Lipinski definition) is 2. The van der Waals surface area contributed by atoms with Crippen LogP contribution in [-0.2, 0) is 19.9 Å². The van der Waals surface area contributed by atoms with E-state index >= 15 is 0 Å². The van der Waals surface area contributed by atoms with Gasteiger partial charge in [-0.05, 0) is 37.0 Å². The molecule has 0 unspecified atom stereocenters. The van der Waals surface area contributed by atoms with Crippen molar-refractivity contribution in [3.8, 4) is 0 Å². The smallest absolute Gasteiger partial charge is 0.307 e. The monoisotopic (exact) mass is 367 g/mol. The van der Waals surface area contributed by atoms with E-state index in [1.165, 1.54) is 0 Å². The molecule has 2 atom stereocenters. The molecule has 1 aromatic rings. The summed E-state index contributed by atoms with van der Waals surface area (Å²) >= 11 is 3.42. The number of nitrogens with one attached hydrogen (secondary N) is 1. The molecule has 0 bridgehead atoms. The summed E-state index contributed by atoms with van der Waals surface area (Å²) in [7, 11) is 0. The molecular weight excluding hydrogens is 350 g/mol. The van der Waals surface area contributed by atoms with Gasteiger partial charge in [-0.15, -0.1) is 0 Å². The van der Waals surface area contributed by atoms with Gasteiger partial charge in [0.1, 0.15) is 0 Å². The van der Waals surface area contributed by atoms with Crippen LogP contribution in [0.3, 0.4) is 0 Å². The van der Waals surface area contributed by atoms with E-state index in [1.54, 1.807) is 0 Å². The van der Waals surface area contributed by atoms with Crippen LogP contribution in [0.5, 0.6) is 0 Å². The van der Waals surface area contributed by atoms with Crippen molar-refractivity contribution in [3.63, 3.8) is 0 Å². The van der Waals surface area contributed by atoms with Gasteiger partial charge in [0.2, 0.25) is 5.91 Å². The quantitative estimate of drug-likeness (QED) is 0.855. The Labute approximate surface area is 137 Å². The number of amides is 1. The van der Waals surface area contributed by atoms with E-state index in [0.717, 1.165) is 10.0 Å². The number of rotatable bonds is 4. The molecule has 0 radical (unpaired) electrons. The lowest BCUT2D eigenvalue weighted by Gasteiger charge is -2.38. The fraction of sp³-hybridized carbons (Fsp3) is 0.500. The van der Waals surface area contributed by atoms with Gasteiger partial charge in [0.15, 0.2) is 0 Å². The van der Waals surface area contributed by atoms with Crippen molar-refractivity contribution in [2.24, 2.45) is 11.8 Å². The Morgan fingerprint density at radius 2 is 1.82 bits per heavy atom. The van der Waals surface area contributed by atoms with Gasteiger partial charge in [0, 0.05) is 17.7 Å². The van der Waals surface area contributed by atoms with Crippen LogP contribution in [-0.4, -0.2) is 30.2 Å². The summed E-state index contributed by atoms with van der Waals surface area (Å²) in [6.07, 6.45) is 1.84. The van der Waals surface area contributed by atoms with Gasteiger partial charge >= 0.3 is 5.97 Å². The number of carbonyl (C=O) groups is 2. The fourth-order valence-corrected chi connectivity index (χ4v) is 3.33. The molecule has 2 fully saturated rings. The first-order valence-electron chi connectivity index (χ1n) is 7.40. The average Bonchev–Trinajstić information content (AvgIpc) is 3.29. The maximum Gasteiger partial charge on any atom is 0.307 e. The zero-order valence-electron chi connectivity index (χ0n) is 12.0. The molecule has 1 amide bonds. The van der Waals surface area contributed by atoms with Crippen LogP contribution in [0, 0.1) is 11.8 Å². The minimum atomic E-state index is -0.884. The van der Waals surface area contributed by atoms with Gasteiger partial charge in [-0.3, -0.25) is 9.59 Å². The number of carboxylic acid groups (broad SMARTS) is 1. The highest BCUT2D eigenvalue weighted by atomic mass is 79.9. The largest absolute Gasteiger partial charge is 0.481 e. The van der Waals surface area contributed by atoms with Crippen LogP contribution in [0.1, 0.15) is 24.8 Å². The van der Waals surface area contributed by atoms with E-state index in [9.17, 15) is 9.59 Å². The molecule has 1 aliphatic carbocycles. The highest BCUT2D eigenvalue weighted by molar-refractivity contribution is 9.10. The lowest BCUT2D eigenvalue weighted by atomic mass is 9.82. The summed E-state index contributed by atoms with van der Waals surface area (Å²) < 4.78 is 6.42. The van der Waals surface area contributed by atoms with Crippen molar-refractivity contribution in [1.29, 1.82) is 0 Å². The highest BCUT2D eigenvalue weighted by Crippen LogP contribution is 2.41. The predicted molar refractivity (Wildman–Crippen MR) is 83.2 cm³/mol. The normalized spacial score (nSPS) is 26.2. The molecule has 3 rings (SSSR count). The van der Waals surface area contributed by atoms with Crippen molar-refractivity contribution in [1.82, 2.24) is 5.32 Å². The second-order valence-corrected chi connectivity index (χ2v) is 6.89. The first-order valence-corrected chi connectivity index (χ1v) is 8.20. The van der Waals surface area contributed by atoms with Crippen LogP contribution in [0.25, 0.3) is 0 Å². The van der Waals surface area contributed by atoms with E-state index < -0.39 is 23.3 Å². The average molecular weight is 368 g/mol. The number of benzene rings is 1. The van der Waals surface area contributed by atoms with Crippen molar-refractivity contribution in [2.75, 3.05) is 13.2 Å². The Morgan fingerprint density at radius 1 is 1.18 bits per heavy atom. The summed E-state index contributed by atoms with van der Waals surface area (Å²) in [5, 5.41) is 12.1. The predicted octanol–water partition coefficient (Wildman–Crippen LogP) is 2.29. The molecule has 0 aromatic heterocycles. The number of aliphatic carboxylic acids is 1. The third-order valence-electron chi connectivity index (χ3n) is 4.55. The lowest BCUT2D eigenvalue weighted by molar-refractivity contribution is -0.140. The molecule has 1 heterocycles. The van der Waals surface area contributed by atoms with E-state index in [1.807, 2.05) is 24.3 Å². The minimum Gasteiger partial charge on any atom is -0.481 e. The molecule has 1 saturated carbocycles. The summed E-state index contributed by atoms with van der Waals surface area (Å²) in [6.45, 7) is 1.17. The summed E-state index contributed by atoms with van der Waals surface area (Å²) in [5.74, 6) is -1.96. The lowest BCUT2D eigenvalue weighted by Crippen LogP contribution is -2.50. The van der Waals surface area contributed by atoms with E-state index in [4.69, 9.17) is 9.84 Å². The molecule has 6 heteroatoms. The molecular formula is C16H18BrNO4. The Bertz CT molecular complexity index is 580. The third kappa shape index (κ3) is 3.03. The molecule has 2 N–H and O–H groups in total. The standard InChI is InChI=1S/C16H18BrNO4/c17-11-3-1-10(2-4-11)16(5-7-22-8-6-16)18-14(19)12-9-13(12)15(20)21/h1-4,12-13H,5-9H2,(H,18,19)(H,20,21)/t12-,13-/m1/s1. The number of ether oxygens (including phenoxy) is 1. The van der Waals surface area contributed by atoms with E-state index in [2.05, 4.69) is 21.2 Å². The molecule has 2 aliphatic rings. The second-order valence-electron chi connectivity index (χ2n) is 5.98. The minimum absolute atomic E-state index is 0.155. The van der Waals surface area contributed by atoms with Crippen LogP contribution in [0.2, 0.25) is 0 Å². The Morgan fingerprint density at radius 3 is 2.36 bits per heavy atom. The summed E-state index contributed by atoms with van der Waals surface area (Å²) in [5.41, 5.74) is 0.585. The molecule has 0 spiro atoms. The summed E-state index contributed by atoms with van der Waals surface area (Å²) in [4.78, 5) is 23.4. The Balaban J connectivity index is 1.79. The van der Waals surface area contributed by atoms with Crippen molar-refractivity contribution in [2.45, 2.75) is 24.8 Å². The van der Waals surface area contributed by atoms with Crippen LogP contribution >= 0.6 is 15.9 Å². The van der Waals surface area contributed by atoms with Crippen molar-refractivity contribution >= 4 is 27.8 Å². The zero-order chi connectivity index (χ0) is 15.7. The van der Waals surface area contributed by atoms with Crippen molar-refractivity contribution < 1.29 is 19.4 Å². The Kier molecular flexibility index (Phi) is 4.23. The van der Waals surface area contributed by atoms with Gasteiger partial charge in [0.05, 0.1) is 17.4 Å². The molecule has 5 nitrogen and oxygen atoms in total. The molecule has 1 aromatic carbocycles. The number of halogens is 1. The topological polar surface area (TPSA) is 75.6 Å². The van der Waals surface area contributed by atoms with Gasteiger partial charge in [0.25, 0.3) is 0 Å². The maximum absolute atomic E-state index is 12.4. The van der Waals surface area contributed by atoms with Crippen LogP contribution < -0.4 is 5.32 Å². The van der Waals surface area contributed by atoms with Crippen LogP contribution in [0.15, 0.2) is 28.7 Å². The van der Waals surface area contributed by atoms with Gasteiger partial charge in [-0.2, -0.15) is 0 Å².